The van der Waals surface area contributed by atoms with Crippen molar-refractivity contribution in [2.24, 2.45) is 5.92 Å². The van der Waals surface area contributed by atoms with Crippen molar-refractivity contribution in [3.05, 3.63) is 0 Å². The molecule has 0 bridgehead atoms. The van der Waals surface area contributed by atoms with Crippen molar-refractivity contribution in [1.29, 1.82) is 0 Å². The number of hydrogen-bond donors (Lipinski definition) is 1. The zero-order valence-electron chi connectivity index (χ0n) is 12.2. The zero-order valence-corrected chi connectivity index (χ0v) is 13.0. The number of carbonyl (C=O) groups is 1. The molecule has 1 saturated heterocycles. The largest absolute Gasteiger partial charge is 0.292 e. The van der Waals surface area contributed by atoms with Crippen LogP contribution in [0.15, 0.2) is 0 Å². The molecule has 1 N–H and O–H groups in total. The summed E-state index contributed by atoms with van der Waals surface area (Å²) >= 11 is 0. The summed E-state index contributed by atoms with van der Waals surface area (Å²) in [6.07, 6.45) is 3.87. The Bertz CT molecular complexity index is 387. The Labute approximate surface area is 116 Å². The Morgan fingerprint density at radius 3 is 2.26 bits per heavy atom. The number of nitrogens with zero attached hydrogens (tertiary/aromatic N) is 1. The van der Waals surface area contributed by atoms with Gasteiger partial charge in [-0.25, -0.2) is 8.42 Å². The van der Waals surface area contributed by atoms with E-state index in [9.17, 15) is 13.2 Å². The first-order valence-corrected chi connectivity index (χ1v) is 8.81. The van der Waals surface area contributed by atoms with Gasteiger partial charge in [0.15, 0.2) is 0 Å². The molecule has 0 aromatic carbocycles. The van der Waals surface area contributed by atoms with Crippen molar-refractivity contribution < 1.29 is 13.2 Å². The predicted octanol–water partition coefficient (Wildman–Crippen LogP) is 1.35. The summed E-state index contributed by atoms with van der Waals surface area (Å²) in [6.45, 7) is 7.47. The van der Waals surface area contributed by atoms with E-state index in [1.54, 1.807) is 6.92 Å². The molecular weight excluding hydrogens is 264 g/mol. The molecule has 0 aromatic heterocycles. The lowest BCUT2D eigenvalue weighted by molar-refractivity contribution is -0.126. The van der Waals surface area contributed by atoms with Crippen LogP contribution < -0.4 is 4.72 Å². The van der Waals surface area contributed by atoms with Crippen LogP contribution >= 0.6 is 0 Å². The maximum Gasteiger partial charge on any atom is 0.251 e. The van der Waals surface area contributed by atoms with Gasteiger partial charge in [0, 0.05) is 0 Å². The quantitative estimate of drug-likeness (QED) is 0.802. The normalized spacial score (nSPS) is 19.4. The van der Waals surface area contributed by atoms with E-state index in [0.717, 1.165) is 25.9 Å². The number of nitrogens with one attached hydrogen (secondary N) is 1. The highest BCUT2D eigenvalue weighted by atomic mass is 32.2. The lowest BCUT2D eigenvalue weighted by atomic mass is 9.99. The summed E-state index contributed by atoms with van der Waals surface area (Å²) in [5.74, 6) is -0.260. The molecule has 0 saturated carbocycles. The van der Waals surface area contributed by atoms with Crippen molar-refractivity contribution in [3.8, 4) is 0 Å². The lowest BCUT2D eigenvalue weighted by Gasteiger charge is -2.35. The number of carbonyl (C=O) groups excluding carboxylic acids is 1. The van der Waals surface area contributed by atoms with Crippen molar-refractivity contribution in [3.63, 3.8) is 0 Å². The van der Waals surface area contributed by atoms with Gasteiger partial charge in [-0.3, -0.25) is 14.4 Å². The van der Waals surface area contributed by atoms with Gasteiger partial charge in [-0.15, -0.1) is 0 Å². The van der Waals surface area contributed by atoms with Gasteiger partial charge in [-0.2, -0.15) is 0 Å². The van der Waals surface area contributed by atoms with Gasteiger partial charge in [-0.1, -0.05) is 27.2 Å². The minimum absolute atomic E-state index is 0.00353. The molecule has 0 aliphatic carbocycles. The molecule has 0 aromatic rings. The van der Waals surface area contributed by atoms with E-state index >= 15 is 0 Å². The molecular formula is C13H26N2O3S. The third-order valence-electron chi connectivity index (χ3n) is 3.41. The predicted molar refractivity (Wildman–Crippen MR) is 76.3 cm³/mol. The summed E-state index contributed by atoms with van der Waals surface area (Å²) in [6, 6.07) is -0.341. The van der Waals surface area contributed by atoms with Crippen LogP contribution in [0, 0.1) is 5.92 Å². The van der Waals surface area contributed by atoms with Crippen molar-refractivity contribution in [2.75, 3.05) is 18.8 Å². The van der Waals surface area contributed by atoms with Crippen molar-refractivity contribution in [2.45, 2.75) is 52.5 Å². The van der Waals surface area contributed by atoms with Gasteiger partial charge in [-0.05, 0) is 38.3 Å². The summed E-state index contributed by atoms with van der Waals surface area (Å²) in [7, 11) is -3.47. The van der Waals surface area contributed by atoms with Crippen LogP contribution in [0.1, 0.15) is 46.5 Å². The van der Waals surface area contributed by atoms with Gasteiger partial charge < -0.3 is 0 Å². The maximum atomic E-state index is 12.2. The fraction of sp³-hybridized carbons (Fsp3) is 0.923. The molecule has 6 heteroatoms. The van der Waals surface area contributed by atoms with Crippen LogP contribution in [0.2, 0.25) is 0 Å². The summed E-state index contributed by atoms with van der Waals surface area (Å²) in [4.78, 5) is 14.4. The first-order chi connectivity index (χ1) is 8.87. The SMILES string of the molecule is CCCS(=O)(=O)NC(=O)C(C(C)C)N1CCCCC1. The molecule has 1 aliphatic rings. The number of amides is 1. The second-order valence-corrected chi connectivity index (χ2v) is 7.41. The van der Waals surface area contributed by atoms with E-state index < -0.39 is 10.0 Å². The van der Waals surface area contributed by atoms with E-state index in [4.69, 9.17) is 0 Å². The fourth-order valence-corrected chi connectivity index (χ4v) is 3.69. The van der Waals surface area contributed by atoms with Crippen molar-refractivity contribution in [1.82, 2.24) is 9.62 Å². The third kappa shape index (κ3) is 5.10. The Kier molecular flexibility index (Phi) is 6.26. The highest BCUT2D eigenvalue weighted by molar-refractivity contribution is 7.90. The highest BCUT2D eigenvalue weighted by Gasteiger charge is 2.31. The number of rotatable bonds is 6. The molecule has 112 valence electrons. The van der Waals surface area contributed by atoms with Crippen LogP contribution in [0.5, 0.6) is 0 Å². The number of hydrogen-bond acceptors (Lipinski definition) is 4. The number of piperidine rings is 1. The average Bonchev–Trinajstić information content (AvgIpc) is 2.28. The van der Waals surface area contributed by atoms with Gasteiger partial charge in [0.2, 0.25) is 10.0 Å². The Balaban J connectivity index is 2.73. The van der Waals surface area contributed by atoms with E-state index in [-0.39, 0.29) is 23.6 Å². The van der Waals surface area contributed by atoms with E-state index in [2.05, 4.69) is 9.62 Å². The first-order valence-electron chi connectivity index (χ1n) is 7.15. The maximum absolute atomic E-state index is 12.2. The Morgan fingerprint density at radius 2 is 1.79 bits per heavy atom. The Hall–Kier alpha value is -0.620. The summed E-state index contributed by atoms with van der Waals surface area (Å²) < 4.78 is 25.6. The number of likely N-dealkylation sites (tertiary alicyclic amines) is 1. The molecule has 1 unspecified atom stereocenters. The van der Waals surface area contributed by atoms with Crippen LogP contribution in [0.3, 0.4) is 0 Å². The van der Waals surface area contributed by atoms with Gasteiger partial charge in [0.1, 0.15) is 0 Å². The van der Waals surface area contributed by atoms with E-state index in [1.165, 1.54) is 6.42 Å². The van der Waals surface area contributed by atoms with Gasteiger partial charge in [0.25, 0.3) is 5.91 Å². The lowest BCUT2D eigenvalue weighted by Crippen LogP contribution is -2.52. The minimum Gasteiger partial charge on any atom is -0.292 e. The second-order valence-electron chi connectivity index (χ2n) is 5.57. The molecule has 1 atom stereocenters. The summed E-state index contributed by atoms with van der Waals surface area (Å²) in [5, 5.41) is 0. The third-order valence-corrected chi connectivity index (χ3v) is 4.87. The van der Waals surface area contributed by atoms with E-state index in [1.807, 2.05) is 13.8 Å². The number of sulfonamides is 1. The first kappa shape index (κ1) is 16.4. The standard InChI is InChI=1S/C13H26N2O3S/c1-4-10-19(17,18)14-13(16)12(11(2)3)15-8-6-5-7-9-15/h11-12H,4-10H2,1-3H3,(H,14,16). The topological polar surface area (TPSA) is 66.5 Å². The average molecular weight is 290 g/mol. The molecule has 1 rings (SSSR count). The van der Waals surface area contributed by atoms with Gasteiger partial charge >= 0.3 is 0 Å². The van der Waals surface area contributed by atoms with Crippen molar-refractivity contribution >= 4 is 15.9 Å². The zero-order chi connectivity index (χ0) is 14.5. The molecule has 1 amide bonds. The van der Waals surface area contributed by atoms with Crippen LogP contribution in [0.4, 0.5) is 0 Å². The molecule has 1 fully saturated rings. The van der Waals surface area contributed by atoms with Crippen LogP contribution in [0.25, 0.3) is 0 Å². The fourth-order valence-electron chi connectivity index (χ4n) is 2.62. The molecule has 0 spiro atoms. The molecule has 1 heterocycles. The monoisotopic (exact) mass is 290 g/mol. The highest BCUT2D eigenvalue weighted by Crippen LogP contribution is 2.18. The van der Waals surface area contributed by atoms with Gasteiger partial charge in [0.05, 0.1) is 11.8 Å². The van der Waals surface area contributed by atoms with E-state index in [0.29, 0.717) is 6.42 Å². The van der Waals surface area contributed by atoms with Crippen LogP contribution in [-0.4, -0.2) is 44.1 Å². The molecule has 0 radical (unpaired) electrons. The molecule has 1 aliphatic heterocycles. The smallest absolute Gasteiger partial charge is 0.251 e. The molecule has 19 heavy (non-hydrogen) atoms. The minimum atomic E-state index is -3.47. The van der Waals surface area contributed by atoms with Crippen LogP contribution in [-0.2, 0) is 14.8 Å². The molecule has 5 nitrogen and oxygen atoms in total. The summed E-state index contributed by atoms with van der Waals surface area (Å²) in [5.41, 5.74) is 0. The second kappa shape index (κ2) is 7.24. The Morgan fingerprint density at radius 1 is 1.21 bits per heavy atom.